The van der Waals surface area contributed by atoms with E-state index < -0.39 is 7.12 Å². The van der Waals surface area contributed by atoms with Crippen LogP contribution in [0.25, 0.3) is 11.0 Å². The summed E-state index contributed by atoms with van der Waals surface area (Å²) in [5.74, 6) is 0. The molecule has 0 bridgehead atoms. The van der Waals surface area contributed by atoms with Crippen LogP contribution in [0.3, 0.4) is 0 Å². The van der Waals surface area contributed by atoms with E-state index >= 15 is 0 Å². The van der Waals surface area contributed by atoms with E-state index in [1.54, 1.807) is 6.26 Å². The molecular weight excluding hydrogens is 262 g/mol. The van der Waals surface area contributed by atoms with Crippen LogP contribution in [0.2, 0.25) is 5.02 Å². The molecule has 1 aliphatic heterocycles. The van der Waals surface area contributed by atoms with Crippen LogP contribution in [-0.4, -0.2) is 18.3 Å². The number of furan rings is 1. The molecule has 0 saturated carbocycles. The summed E-state index contributed by atoms with van der Waals surface area (Å²) in [6, 6.07) is 5.72. The second-order valence-electron chi connectivity index (χ2n) is 5.93. The molecule has 1 aromatic heterocycles. The first-order valence-corrected chi connectivity index (χ1v) is 6.70. The molecule has 1 fully saturated rings. The summed E-state index contributed by atoms with van der Waals surface area (Å²) in [5, 5.41) is 1.53. The molecule has 0 amide bonds. The zero-order valence-electron chi connectivity index (χ0n) is 11.5. The number of fused-ring (bicyclic) bond motifs is 1. The van der Waals surface area contributed by atoms with E-state index in [4.69, 9.17) is 25.3 Å². The molecule has 0 radical (unpaired) electrons. The molecule has 0 aliphatic carbocycles. The molecule has 0 spiro atoms. The van der Waals surface area contributed by atoms with Gasteiger partial charge >= 0.3 is 7.12 Å². The third-order valence-corrected chi connectivity index (χ3v) is 4.33. The van der Waals surface area contributed by atoms with Gasteiger partial charge in [-0.2, -0.15) is 0 Å². The lowest BCUT2D eigenvalue weighted by Gasteiger charge is -2.32. The van der Waals surface area contributed by atoms with Crippen molar-refractivity contribution in [1.29, 1.82) is 0 Å². The Kier molecular flexibility index (Phi) is 2.75. The molecule has 1 aromatic carbocycles. The SMILES string of the molecule is CC1(C)OB(c2cc(Cl)c3occc3c2)OC1(C)C. The van der Waals surface area contributed by atoms with Gasteiger partial charge in [-0.3, -0.25) is 0 Å². The van der Waals surface area contributed by atoms with E-state index in [-0.39, 0.29) is 11.2 Å². The van der Waals surface area contributed by atoms with Gasteiger partial charge < -0.3 is 13.7 Å². The normalized spacial score (nSPS) is 21.2. The summed E-state index contributed by atoms with van der Waals surface area (Å²) in [7, 11) is -0.401. The lowest BCUT2D eigenvalue weighted by molar-refractivity contribution is 0.00578. The molecule has 5 heteroatoms. The summed E-state index contributed by atoms with van der Waals surface area (Å²) in [6.07, 6.45) is 1.63. The smallest absolute Gasteiger partial charge is 0.463 e. The first kappa shape index (κ1) is 13.0. The lowest BCUT2D eigenvalue weighted by atomic mass is 9.79. The molecule has 0 atom stereocenters. The van der Waals surface area contributed by atoms with E-state index in [0.717, 1.165) is 10.8 Å². The van der Waals surface area contributed by atoms with Crippen molar-refractivity contribution in [2.45, 2.75) is 38.9 Å². The van der Waals surface area contributed by atoms with Gasteiger partial charge in [0.15, 0.2) is 5.58 Å². The maximum Gasteiger partial charge on any atom is 0.494 e. The Labute approximate surface area is 118 Å². The molecule has 3 rings (SSSR count). The predicted octanol–water partition coefficient (Wildman–Crippen LogP) is 3.39. The summed E-state index contributed by atoms with van der Waals surface area (Å²) >= 11 is 6.22. The summed E-state index contributed by atoms with van der Waals surface area (Å²) < 4.78 is 17.4. The highest BCUT2D eigenvalue weighted by Gasteiger charge is 2.51. The number of benzene rings is 1. The van der Waals surface area contributed by atoms with Crippen LogP contribution in [0.4, 0.5) is 0 Å². The monoisotopic (exact) mass is 278 g/mol. The molecule has 2 aromatic rings. The zero-order chi connectivity index (χ0) is 13.8. The number of hydrogen-bond acceptors (Lipinski definition) is 3. The highest BCUT2D eigenvalue weighted by molar-refractivity contribution is 6.62. The third-order valence-electron chi connectivity index (χ3n) is 4.05. The van der Waals surface area contributed by atoms with Crippen LogP contribution in [0, 0.1) is 0 Å². The van der Waals surface area contributed by atoms with Crippen molar-refractivity contribution in [3.05, 3.63) is 29.5 Å². The van der Waals surface area contributed by atoms with Crippen LogP contribution in [-0.2, 0) is 9.31 Å². The Morgan fingerprint density at radius 2 is 1.68 bits per heavy atom. The summed E-state index contributed by atoms with van der Waals surface area (Å²) in [6.45, 7) is 8.13. The molecule has 2 heterocycles. The van der Waals surface area contributed by atoms with E-state index in [2.05, 4.69) is 0 Å². The first-order chi connectivity index (χ1) is 8.80. The van der Waals surface area contributed by atoms with Gasteiger partial charge in [0.2, 0.25) is 0 Å². The van der Waals surface area contributed by atoms with Crippen molar-refractivity contribution in [2.75, 3.05) is 0 Å². The quantitative estimate of drug-likeness (QED) is 0.749. The summed E-state index contributed by atoms with van der Waals surface area (Å²) in [5.41, 5.74) is 0.907. The number of hydrogen-bond donors (Lipinski definition) is 0. The predicted molar refractivity (Wildman–Crippen MR) is 76.9 cm³/mol. The van der Waals surface area contributed by atoms with Crippen LogP contribution in [0.5, 0.6) is 0 Å². The molecule has 0 unspecified atom stereocenters. The highest BCUT2D eigenvalue weighted by atomic mass is 35.5. The van der Waals surface area contributed by atoms with E-state index in [1.807, 2.05) is 45.9 Å². The minimum atomic E-state index is -0.401. The largest absolute Gasteiger partial charge is 0.494 e. The topological polar surface area (TPSA) is 31.6 Å². The second-order valence-corrected chi connectivity index (χ2v) is 6.34. The maximum atomic E-state index is 6.22. The van der Waals surface area contributed by atoms with Gasteiger partial charge in [0.25, 0.3) is 0 Å². The van der Waals surface area contributed by atoms with Gasteiger partial charge in [-0.05, 0) is 45.3 Å². The van der Waals surface area contributed by atoms with Gasteiger partial charge in [0.05, 0.1) is 22.5 Å². The molecule has 1 saturated heterocycles. The van der Waals surface area contributed by atoms with Crippen molar-refractivity contribution < 1.29 is 13.7 Å². The lowest BCUT2D eigenvalue weighted by Crippen LogP contribution is -2.41. The Morgan fingerprint density at radius 3 is 2.32 bits per heavy atom. The maximum absolute atomic E-state index is 6.22. The third kappa shape index (κ3) is 1.99. The molecule has 1 aliphatic rings. The fourth-order valence-corrected chi connectivity index (χ4v) is 2.45. The van der Waals surface area contributed by atoms with Crippen molar-refractivity contribution in [3.63, 3.8) is 0 Å². The van der Waals surface area contributed by atoms with E-state index in [9.17, 15) is 0 Å². The number of rotatable bonds is 1. The van der Waals surface area contributed by atoms with Crippen molar-refractivity contribution >= 4 is 35.2 Å². The molecule has 100 valence electrons. The van der Waals surface area contributed by atoms with Crippen molar-refractivity contribution in [1.82, 2.24) is 0 Å². The van der Waals surface area contributed by atoms with Crippen molar-refractivity contribution in [3.8, 4) is 0 Å². The minimum Gasteiger partial charge on any atom is -0.463 e. The Bertz CT molecular complexity index is 617. The molecular formula is C14H16BClO3. The van der Waals surface area contributed by atoms with Gasteiger partial charge in [-0.25, -0.2) is 0 Å². The Balaban J connectivity index is 2.02. The minimum absolute atomic E-state index is 0.352. The standard InChI is InChI=1S/C14H16BClO3/c1-13(2)14(3,4)19-15(18-13)10-7-9-5-6-17-12(9)11(16)8-10/h5-8H,1-4H3. The van der Waals surface area contributed by atoms with Crippen LogP contribution in [0.1, 0.15) is 27.7 Å². The number of halogens is 1. The Hall–Kier alpha value is -0.965. The van der Waals surface area contributed by atoms with Gasteiger partial charge in [-0.1, -0.05) is 17.7 Å². The van der Waals surface area contributed by atoms with E-state index in [0.29, 0.717) is 10.6 Å². The van der Waals surface area contributed by atoms with Crippen molar-refractivity contribution in [2.24, 2.45) is 0 Å². The van der Waals surface area contributed by atoms with Crippen LogP contribution >= 0.6 is 11.6 Å². The van der Waals surface area contributed by atoms with E-state index in [1.165, 1.54) is 0 Å². The average Bonchev–Trinajstić information content (AvgIpc) is 2.82. The van der Waals surface area contributed by atoms with Crippen LogP contribution in [0.15, 0.2) is 28.9 Å². The fraction of sp³-hybridized carbons (Fsp3) is 0.429. The van der Waals surface area contributed by atoms with Gasteiger partial charge in [0.1, 0.15) is 0 Å². The second kappa shape index (κ2) is 4.01. The average molecular weight is 279 g/mol. The van der Waals surface area contributed by atoms with Crippen LogP contribution < -0.4 is 5.46 Å². The first-order valence-electron chi connectivity index (χ1n) is 6.32. The summed E-state index contributed by atoms with van der Waals surface area (Å²) in [4.78, 5) is 0. The fourth-order valence-electron chi connectivity index (χ4n) is 2.18. The molecule has 0 N–H and O–H groups in total. The van der Waals surface area contributed by atoms with Gasteiger partial charge in [0, 0.05) is 5.39 Å². The zero-order valence-corrected chi connectivity index (χ0v) is 12.2. The Morgan fingerprint density at radius 1 is 1.05 bits per heavy atom. The molecule has 19 heavy (non-hydrogen) atoms. The molecule has 3 nitrogen and oxygen atoms in total. The highest BCUT2D eigenvalue weighted by Crippen LogP contribution is 2.37. The van der Waals surface area contributed by atoms with Gasteiger partial charge in [-0.15, -0.1) is 0 Å².